The van der Waals surface area contributed by atoms with Gasteiger partial charge in [0.2, 0.25) is 0 Å². The van der Waals surface area contributed by atoms with Crippen LogP contribution in [0.3, 0.4) is 0 Å². The number of rotatable bonds is 7. The SMILES string of the molecule is Cc1c([C@@H](O)CN2CCC(NC(=O)c3cc(OC(F)F)c(C#N)cn3)CC2)ccc2c1COC2=O. The first-order valence-electron chi connectivity index (χ1n) is 11.1. The van der Waals surface area contributed by atoms with E-state index in [-0.39, 0.29) is 29.9 Å². The molecule has 0 spiro atoms. The fraction of sp³-hybridized carbons (Fsp3) is 0.417. The zero-order valence-corrected chi connectivity index (χ0v) is 19.0. The van der Waals surface area contributed by atoms with Gasteiger partial charge in [0.15, 0.2) is 0 Å². The minimum absolute atomic E-state index is 0.118. The standard InChI is InChI=1S/C24H24F2N4O5/c1-13-16(2-3-17-18(13)12-34-23(17)33)20(31)11-30-6-4-15(5-7-30)29-22(32)19-8-21(35-24(25)26)14(9-27)10-28-19/h2-3,8,10,15,20,24,31H,4-7,11-12H2,1H3,(H,29,32)/t20-/m0/s1. The molecule has 0 unspecified atom stereocenters. The van der Waals surface area contributed by atoms with E-state index in [4.69, 9.17) is 10.00 Å². The third-order valence-corrected chi connectivity index (χ3v) is 6.36. The molecule has 2 aliphatic heterocycles. The van der Waals surface area contributed by atoms with Crippen molar-refractivity contribution in [2.24, 2.45) is 0 Å². The molecule has 3 heterocycles. The van der Waals surface area contributed by atoms with Crippen molar-refractivity contribution in [2.75, 3.05) is 19.6 Å². The number of piperidine rings is 1. The third kappa shape index (κ3) is 5.39. The van der Waals surface area contributed by atoms with Crippen LogP contribution in [0.4, 0.5) is 8.78 Å². The lowest BCUT2D eigenvalue weighted by Crippen LogP contribution is -2.45. The minimum atomic E-state index is -3.13. The number of amides is 1. The summed E-state index contributed by atoms with van der Waals surface area (Å²) in [6.45, 7) is 0.630. The summed E-state index contributed by atoms with van der Waals surface area (Å²) in [7, 11) is 0. The molecule has 2 aromatic rings. The number of hydrogen-bond donors (Lipinski definition) is 2. The van der Waals surface area contributed by atoms with Crippen molar-refractivity contribution >= 4 is 11.9 Å². The maximum atomic E-state index is 12.6. The number of fused-ring (bicyclic) bond motifs is 1. The van der Waals surface area contributed by atoms with E-state index in [9.17, 15) is 23.5 Å². The van der Waals surface area contributed by atoms with Gasteiger partial charge in [-0.25, -0.2) is 9.78 Å². The first kappa shape index (κ1) is 24.5. The zero-order chi connectivity index (χ0) is 25.1. The van der Waals surface area contributed by atoms with Crippen LogP contribution in [0, 0.1) is 18.3 Å². The number of benzene rings is 1. The Hall–Kier alpha value is -3.62. The van der Waals surface area contributed by atoms with Crippen molar-refractivity contribution in [3.63, 3.8) is 0 Å². The monoisotopic (exact) mass is 486 g/mol. The summed E-state index contributed by atoms with van der Waals surface area (Å²) in [6.07, 6.45) is 1.54. The molecule has 0 saturated carbocycles. The molecule has 2 aliphatic rings. The number of hydrogen-bond acceptors (Lipinski definition) is 8. The highest BCUT2D eigenvalue weighted by Crippen LogP contribution is 2.30. The van der Waals surface area contributed by atoms with Gasteiger partial charge in [-0.05, 0) is 37.0 Å². The number of nitriles is 1. The summed E-state index contributed by atoms with van der Waals surface area (Å²) in [4.78, 5) is 30.3. The highest BCUT2D eigenvalue weighted by atomic mass is 19.3. The number of β-amino-alcohol motifs (C(OH)–C–C–N with tert-alkyl or cyclic N) is 1. The second kappa shape index (κ2) is 10.3. The molecule has 1 aromatic carbocycles. The number of carbonyl (C=O) groups excluding carboxylic acids is 2. The molecular formula is C24H24F2N4O5. The van der Waals surface area contributed by atoms with Crippen molar-refractivity contribution in [3.05, 3.63) is 57.9 Å². The maximum absolute atomic E-state index is 12.6. The number of esters is 1. The Labute approximate surface area is 200 Å². The quantitative estimate of drug-likeness (QED) is 0.572. The average Bonchev–Trinajstić information content (AvgIpc) is 3.21. The highest BCUT2D eigenvalue weighted by Gasteiger charge is 2.28. The number of likely N-dealkylation sites (tertiary alicyclic amines) is 1. The van der Waals surface area contributed by atoms with Gasteiger partial charge in [0.25, 0.3) is 5.91 Å². The van der Waals surface area contributed by atoms with Crippen LogP contribution in [-0.4, -0.2) is 59.2 Å². The molecule has 1 saturated heterocycles. The molecule has 1 fully saturated rings. The number of nitrogens with one attached hydrogen (secondary N) is 1. The second-order valence-corrected chi connectivity index (χ2v) is 8.50. The molecule has 0 radical (unpaired) electrons. The van der Waals surface area contributed by atoms with Gasteiger partial charge in [0.1, 0.15) is 29.7 Å². The minimum Gasteiger partial charge on any atom is -0.457 e. The van der Waals surface area contributed by atoms with E-state index in [1.54, 1.807) is 18.2 Å². The van der Waals surface area contributed by atoms with Gasteiger partial charge in [-0.15, -0.1) is 0 Å². The summed E-state index contributed by atoms with van der Waals surface area (Å²) in [5.74, 6) is -1.29. The Bertz CT molecular complexity index is 1180. The van der Waals surface area contributed by atoms with E-state index in [1.165, 1.54) is 0 Å². The van der Waals surface area contributed by atoms with Crippen LogP contribution in [0.5, 0.6) is 5.75 Å². The van der Waals surface area contributed by atoms with Crippen molar-refractivity contribution in [2.45, 2.75) is 45.1 Å². The summed E-state index contributed by atoms with van der Waals surface area (Å²) in [5.41, 5.74) is 2.66. The van der Waals surface area contributed by atoms with Crippen molar-refractivity contribution in [1.82, 2.24) is 15.2 Å². The van der Waals surface area contributed by atoms with Crippen molar-refractivity contribution in [1.29, 1.82) is 5.26 Å². The van der Waals surface area contributed by atoms with Crippen molar-refractivity contribution < 1.29 is 33.0 Å². The Morgan fingerprint density at radius 1 is 1.40 bits per heavy atom. The van der Waals surface area contributed by atoms with E-state index < -0.39 is 24.4 Å². The molecular weight excluding hydrogens is 462 g/mol. The predicted octanol–water partition coefficient (Wildman–Crippen LogP) is 2.46. The largest absolute Gasteiger partial charge is 0.457 e. The van der Waals surface area contributed by atoms with Gasteiger partial charge in [0.05, 0.1) is 11.7 Å². The van der Waals surface area contributed by atoms with Gasteiger partial charge in [-0.1, -0.05) is 6.07 Å². The van der Waals surface area contributed by atoms with E-state index in [2.05, 4.69) is 19.9 Å². The summed E-state index contributed by atoms with van der Waals surface area (Å²) in [5, 5.41) is 22.6. The first-order chi connectivity index (χ1) is 16.8. The van der Waals surface area contributed by atoms with Gasteiger partial charge in [-0.2, -0.15) is 14.0 Å². The molecule has 2 N–H and O–H groups in total. The lowest BCUT2D eigenvalue weighted by Gasteiger charge is -2.33. The van der Waals surface area contributed by atoms with Crippen LogP contribution in [-0.2, 0) is 11.3 Å². The highest BCUT2D eigenvalue weighted by molar-refractivity contribution is 5.94. The lowest BCUT2D eigenvalue weighted by molar-refractivity contribution is -0.0501. The fourth-order valence-electron chi connectivity index (χ4n) is 4.43. The summed E-state index contributed by atoms with van der Waals surface area (Å²) < 4.78 is 34.5. The molecule has 11 heteroatoms. The van der Waals surface area contributed by atoms with Gasteiger partial charge < -0.3 is 24.8 Å². The number of alkyl halides is 2. The van der Waals surface area contributed by atoms with Crippen LogP contribution in [0.15, 0.2) is 24.4 Å². The molecule has 1 amide bonds. The van der Waals surface area contributed by atoms with Gasteiger partial charge in [0, 0.05) is 43.5 Å². The van der Waals surface area contributed by atoms with Crippen molar-refractivity contribution in [3.8, 4) is 11.8 Å². The Kier molecular flexibility index (Phi) is 7.23. The number of ether oxygens (including phenoxy) is 2. The molecule has 1 atom stereocenters. The number of cyclic esters (lactones) is 1. The maximum Gasteiger partial charge on any atom is 0.387 e. The Morgan fingerprint density at radius 3 is 2.83 bits per heavy atom. The first-order valence-corrected chi connectivity index (χ1v) is 11.1. The number of aliphatic hydroxyl groups is 1. The summed E-state index contributed by atoms with van der Waals surface area (Å²) >= 11 is 0. The van der Waals surface area contributed by atoms with Crippen LogP contribution in [0.1, 0.15) is 62.0 Å². The molecule has 0 bridgehead atoms. The summed E-state index contributed by atoms with van der Waals surface area (Å²) in [6, 6.07) is 6.02. The van der Waals surface area contributed by atoms with Gasteiger partial charge in [-0.3, -0.25) is 4.79 Å². The number of nitrogens with zero attached hydrogens (tertiary/aromatic N) is 3. The molecule has 4 rings (SSSR count). The second-order valence-electron chi connectivity index (χ2n) is 8.50. The normalized spacial score (nSPS) is 17.0. The van der Waals surface area contributed by atoms with E-state index in [0.29, 0.717) is 38.0 Å². The topological polar surface area (TPSA) is 125 Å². The number of carbonyl (C=O) groups is 2. The molecule has 1 aromatic heterocycles. The zero-order valence-electron chi connectivity index (χ0n) is 19.0. The van der Waals surface area contributed by atoms with E-state index >= 15 is 0 Å². The van der Waals surface area contributed by atoms with Crippen LogP contribution in [0.25, 0.3) is 0 Å². The van der Waals surface area contributed by atoms with E-state index in [1.807, 2.05) is 6.92 Å². The Balaban J connectivity index is 1.31. The number of pyridine rings is 1. The molecule has 35 heavy (non-hydrogen) atoms. The molecule has 0 aliphatic carbocycles. The smallest absolute Gasteiger partial charge is 0.387 e. The Morgan fingerprint density at radius 2 is 2.14 bits per heavy atom. The van der Waals surface area contributed by atoms with Crippen LogP contribution < -0.4 is 10.1 Å². The van der Waals surface area contributed by atoms with E-state index in [0.717, 1.165) is 29.0 Å². The number of aliphatic hydroxyl groups excluding tert-OH is 1. The number of aromatic nitrogens is 1. The number of halogens is 2. The lowest BCUT2D eigenvalue weighted by atomic mass is 9.94. The average molecular weight is 486 g/mol. The molecule has 184 valence electrons. The van der Waals surface area contributed by atoms with Crippen LogP contribution in [0.2, 0.25) is 0 Å². The van der Waals surface area contributed by atoms with Crippen LogP contribution >= 0.6 is 0 Å². The third-order valence-electron chi connectivity index (χ3n) is 6.36. The predicted molar refractivity (Wildman–Crippen MR) is 118 cm³/mol. The molecule has 9 nitrogen and oxygen atoms in total. The fourth-order valence-corrected chi connectivity index (χ4v) is 4.43. The van der Waals surface area contributed by atoms with Gasteiger partial charge >= 0.3 is 12.6 Å².